The second kappa shape index (κ2) is 7.26. The van der Waals surface area contributed by atoms with E-state index in [1.54, 1.807) is 29.4 Å². The van der Waals surface area contributed by atoms with Crippen molar-refractivity contribution in [3.8, 4) is 0 Å². The van der Waals surface area contributed by atoms with Gasteiger partial charge in [-0.25, -0.2) is 0 Å². The number of halogens is 2. The van der Waals surface area contributed by atoms with Crippen molar-refractivity contribution < 1.29 is 0 Å². The van der Waals surface area contributed by atoms with E-state index in [0.717, 1.165) is 5.39 Å². The van der Waals surface area contributed by atoms with Crippen molar-refractivity contribution in [2.75, 3.05) is 24.8 Å². The number of benzene rings is 1. The highest BCUT2D eigenvalue weighted by molar-refractivity contribution is 6.18. The van der Waals surface area contributed by atoms with E-state index < -0.39 is 0 Å². The minimum absolute atomic E-state index is 0.141. The second-order valence-corrected chi connectivity index (χ2v) is 4.82. The molecule has 2 rings (SSSR count). The van der Waals surface area contributed by atoms with E-state index in [0.29, 0.717) is 35.9 Å². The molecule has 106 valence electrons. The number of fused-ring (bicyclic) bond motifs is 1. The molecule has 0 fully saturated rings. The van der Waals surface area contributed by atoms with Crippen LogP contribution in [-0.2, 0) is 0 Å². The lowest BCUT2D eigenvalue weighted by Crippen LogP contribution is -2.21. The fourth-order valence-corrected chi connectivity index (χ4v) is 2.19. The van der Waals surface area contributed by atoms with Crippen LogP contribution in [0.2, 0.25) is 0 Å². The Balaban J connectivity index is 2.33. The molecule has 0 aliphatic heterocycles. The monoisotopic (exact) mass is 312 g/mol. The van der Waals surface area contributed by atoms with E-state index in [1.165, 1.54) is 0 Å². The lowest BCUT2D eigenvalue weighted by Gasteiger charge is -2.14. The van der Waals surface area contributed by atoms with Gasteiger partial charge in [-0.1, -0.05) is 11.3 Å². The smallest absolute Gasteiger partial charge is 0.255 e. The molecule has 0 aliphatic carbocycles. The topological polar surface area (TPSA) is 60.8 Å². The molecule has 1 heterocycles. The minimum atomic E-state index is -0.141. The lowest BCUT2D eigenvalue weighted by molar-refractivity contribution is 0.304. The van der Waals surface area contributed by atoms with Crippen LogP contribution < -0.4 is 5.56 Å². The standard InChI is InChI=1S/C13H14Cl2N4O/c14-5-8-19(9-6-15)18-17-12-3-1-2-11-10(12)4-7-16-13(11)20/h1-4,7H,5-6,8-9H2,(H,16,20). The fraction of sp³-hybridized carbons (Fsp3) is 0.308. The van der Waals surface area contributed by atoms with Crippen molar-refractivity contribution in [2.45, 2.75) is 0 Å². The number of nitrogens with zero attached hydrogens (tertiary/aromatic N) is 3. The molecule has 2 aromatic rings. The molecule has 5 nitrogen and oxygen atoms in total. The largest absolute Gasteiger partial charge is 0.329 e. The van der Waals surface area contributed by atoms with Crippen molar-refractivity contribution >= 4 is 39.7 Å². The number of H-pyrrole nitrogens is 1. The van der Waals surface area contributed by atoms with Gasteiger partial charge in [0.25, 0.3) is 5.56 Å². The zero-order valence-corrected chi connectivity index (χ0v) is 12.2. The maximum absolute atomic E-state index is 11.7. The van der Waals surface area contributed by atoms with Crippen molar-refractivity contribution in [1.82, 2.24) is 9.99 Å². The van der Waals surface area contributed by atoms with E-state index in [-0.39, 0.29) is 5.56 Å². The Morgan fingerprint density at radius 1 is 1.10 bits per heavy atom. The molecule has 0 amide bonds. The van der Waals surface area contributed by atoms with E-state index >= 15 is 0 Å². The first-order valence-corrected chi connectivity index (χ1v) is 7.22. The lowest BCUT2D eigenvalue weighted by atomic mass is 10.1. The van der Waals surface area contributed by atoms with Crippen LogP contribution in [0.15, 0.2) is 45.6 Å². The third-order valence-electron chi connectivity index (χ3n) is 2.76. The fourth-order valence-electron chi connectivity index (χ4n) is 1.80. The molecule has 0 saturated heterocycles. The van der Waals surface area contributed by atoms with Gasteiger partial charge >= 0.3 is 0 Å². The van der Waals surface area contributed by atoms with Crippen LogP contribution in [0.1, 0.15) is 0 Å². The van der Waals surface area contributed by atoms with E-state index in [4.69, 9.17) is 23.2 Å². The molecule has 0 aliphatic rings. The van der Waals surface area contributed by atoms with Crippen LogP contribution in [-0.4, -0.2) is 34.8 Å². The minimum Gasteiger partial charge on any atom is -0.329 e. The maximum Gasteiger partial charge on any atom is 0.255 e. The number of nitrogens with one attached hydrogen (secondary N) is 1. The second-order valence-electron chi connectivity index (χ2n) is 4.07. The number of rotatable bonds is 6. The summed E-state index contributed by atoms with van der Waals surface area (Å²) in [7, 11) is 0. The van der Waals surface area contributed by atoms with Gasteiger partial charge in [0.15, 0.2) is 0 Å². The first-order chi connectivity index (χ1) is 9.76. The van der Waals surface area contributed by atoms with Gasteiger partial charge in [-0.15, -0.1) is 28.3 Å². The zero-order chi connectivity index (χ0) is 14.4. The summed E-state index contributed by atoms with van der Waals surface area (Å²) >= 11 is 11.4. The van der Waals surface area contributed by atoms with Gasteiger partial charge in [0, 0.05) is 28.7 Å². The van der Waals surface area contributed by atoms with Gasteiger partial charge in [-0.2, -0.15) is 0 Å². The van der Waals surface area contributed by atoms with Gasteiger partial charge in [0.2, 0.25) is 0 Å². The van der Waals surface area contributed by atoms with Gasteiger partial charge in [-0.3, -0.25) is 9.80 Å². The molecule has 1 aromatic heterocycles. The molecule has 7 heteroatoms. The average molecular weight is 313 g/mol. The first kappa shape index (κ1) is 14.8. The maximum atomic E-state index is 11.7. The predicted molar refractivity (Wildman–Crippen MR) is 82.1 cm³/mol. The molecule has 0 saturated carbocycles. The van der Waals surface area contributed by atoms with E-state index in [2.05, 4.69) is 15.3 Å². The Morgan fingerprint density at radius 3 is 2.55 bits per heavy atom. The normalized spacial score (nSPS) is 11.3. The summed E-state index contributed by atoms with van der Waals surface area (Å²) in [6, 6.07) is 7.14. The van der Waals surface area contributed by atoms with Crippen LogP contribution >= 0.6 is 23.2 Å². The molecule has 0 spiro atoms. The van der Waals surface area contributed by atoms with Crippen molar-refractivity contribution in [1.29, 1.82) is 0 Å². The summed E-state index contributed by atoms with van der Waals surface area (Å²) in [5, 5.41) is 11.4. The highest BCUT2D eigenvalue weighted by atomic mass is 35.5. The van der Waals surface area contributed by atoms with E-state index in [1.807, 2.05) is 6.07 Å². The van der Waals surface area contributed by atoms with Crippen LogP contribution in [0.4, 0.5) is 5.69 Å². The summed E-state index contributed by atoms with van der Waals surface area (Å²) in [5.41, 5.74) is 0.501. The molecule has 1 aromatic carbocycles. The molecule has 20 heavy (non-hydrogen) atoms. The number of hydrogen-bond donors (Lipinski definition) is 1. The molecular formula is C13H14Cl2N4O. The zero-order valence-electron chi connectivity index (χ0n) is 10.7. The predicted octanol–water partition coefficient (Wildman–Crippen LogP) is 3.31. The first-order valence-electron chi connectivity index (χ1n) is 6.15. The highest BCUT2D eigenvalue weighted by Gasteiger charge is 2.04. The molecule has 0 unspecified atom stereocenters. The Kier molecular flexibility index (Phi) is 5.38. The van der Waals surface area contributed by atoms with Crippen molar-refractivity contribution in [2.24, 2.45) is 10.3 Å². The molecule has 0 bridgehead atoms. The molecule has 0 radical (unpaired) electrons. The number of pyridine rings is 1. The quantitative estimate of drug-likeness (QED) is 0.505. The van der Waals surface area contributed by atoms with Crippen molar-refractivity contribution in [3.05, 3.63) is 40.8 Å². The Labute approximate surface area is 126 Å². The Hall–Kier alpha value is -1.59. The molecular weight excluding hydrogens is 299 g/mol. The summed E-state index contributed by atoms with van der Waals surface area (Å²) in [4.78, 5) is 14.3. The van der Waals surface area contributed by atoms with Gasteiger partial charge < -0.3 is 4.98 Å². The summed E-state index contributed by atoms with van der Waals surface area (Å²) < 4.78 is 0. The van der Waals surface area contributed by atoms with Crippen molar-refractivity contribution in [3.63, 3.8) is 0 Å². The summed E-state index contributed by atoms with van der Waals surface area (Å²) in [6.07, 6.45) is 1.60. The van der Waals surface area contributed by atoms with Gasteiger partial charge in [0.1, 0.15) is 0 Å². The Bertz CT molecular complexity index is 650. The third kappa shape index (κ3) is 3.49. The number of hydrogen-bond acceptors (Lipinski definition) is 3. The molecule has 1 N–H and O–H groups in total. The number of aromatic nitrogens is 1. The van der Waals surface area contributed by atoms with Gasteiger partial charge in [0.05, 0.1) is 18.8 Å². The summed E-state index contributed by atoms with van der Waals surface area (Å²) in [5.74, 6) is 0.899. The number of aromatic amines is 1. The summed E-state index contributed by atoms with van der Waals surface area (Å²) in [6.45, 7) is 1.15. The van der Waals surface area contributed by atoms with Crippen LogP contribution in [0.25, 0.3) is 10.8 Å². The van der Waals surface area contributed by atoms with Crippen LogP contribution in [0.5, 0.6) is 0 Å². The SMILES string of the molecule is O=c1[nH]ccc2c(N=NN(CCCl)CCCl)cccc12. The van der Waals surface area contributed by atoms with E-state index in [9.17, 15) is 4.79 Å². The average Bonchev–Trinajstić information content (AvgIpc) is 2.46. The Morgan fingerprint density at radius 2 is 1.85 bits per heavy atom. The highest BCUT2D eigenvalue weighted by Crippen LogP contribution is 2.23. The number of alkyl halides is 2. The molecule has 0 atom stereocenters. The van der Waals surface area contributed by atoms with Crippen LogP contribution in [0.3, 0.4) is 0 Å². The van der Waals surface area contributed by atoms with Crippen LogP contribution in [0, 0.1) is 0 Å². The van der Waals surface area contributed by atoms with Gasteiger partial charge in [-0.05, 0) is 18.2 Å². The third-order valence-corrected chi connectivity index (χ3v) is 3.09.